The molecule has 0 bridgehead atoms. The van der Waals surface area contributed by atoms with Gasteiger partial charge in [0.25, 0.3) is 0 Å². The van der Waals surface area contributed by atoms with Crippen LogP contribution in [0.5, 0.6) is 0 Å². The fourth-order valence-corrected chi connectivity index (χ4v) is 2.62. The van der Waals surface area contributed by atoms with Gasteiger partial charge in [0.15, 0.2) is 5.96 Å². The normalized spacial score (nSPS) is 12.7. The lowest BCUT2D eigenvalue weighted by molar-refractivity contribution is 0.182. The summed E-state index contributed by atoms with van der Waals surface area (Å²) in [6.07, 6.45) is -0.294. The second-order valence-electron chi connectivity index (χ2n) is 6.00. The van der Waals surface area contributed by atoms with Crippen molar-refractivity contribution in [1.82, 2.24) is 10.6 Å². The van der Waals surface area contributed by atoms with Gasteiger partial charge in [0, 0.05) is 18.7 Å². The number of halogens is 2. The Bertz CT molecular complexity index is 750. The van der Waals surface area contributed by atoms with E-state index in [1.54, 1.807) is 24.3 Å². The highest BCUT2D eigenvalue weighted by Gasteiger charge is 2.12. The molecule has 0 amide bonds. The molecule has 0 heterocycles. The molecular weight excluding hydrogens is 336 g/mol. The Morgan fingerprint density at radius 3 is 2.62 bits per heavy atom. The van der Waals surface area contributed by atoms with Gasteiger partial charge in [-0.15, -0.1) is 0 Å². The van der Waals surface area contributed by atoms with Crippen molar-refractivity contribution < 1.29 is 13.9 Å². The SMILES string of the molecule is CCNC(=NCC(O)c1ccccc1F)NCCc1ccc(F)cc1C. The smallest absolute Gasteiger partial charge is 0.191 e. The van der Waals surface area contributed by atoms with Gasteiger partial charge in [0.2, 0.25) is 0 Å². The lowest BCUT2D eigenvalue weighted by atomic mass is 10.1. The van der Waals surface area contributed by atoms with Crippen molar-refractivity contribution in [3.63, 3.8) is 0 Å². The van der Waals surface area contributed by atoms with E-state index < -0.39 is 11.9 Å². The monoisotopic (exact) mass is 361 g/mol. The maximum Gasteiger partial charge on any atom is 0.191 e. The first-order valence-electron chi connectivity index (χ1n) is 8.71. The minimum atomic E-state index is -1.01. The van der Waals surface area contributed by atoms with Gasteiger partial charge in [-0.2, -0.15) is 0 Å². The van der Waals surface area contributed by atoms with E-state index in [-0.39, 0.29) is 17.9 Å². The third-order valence-corrected chi connectivity index (χ3v) is 4.02. The molecule has 1 unspecified atom stereocenters. The Kier molecular flexibility index (Phi) is 7.53. The van der Waals surface area contributed by atoms with Crippen molar-refractivity contribution in [2.45, 2.75) is 26.4 Å². The lowest BCUT2D eigenvalue weighted by Crippen LogP contribution is -2.38. The molecule has 0 saturated heterocycles. The van der Waals surface area contributed by atoms with E-state index in [0.29, 0.717) is 25.5 Å². The van der Waals surface area contributed by atoms with E-state index >= 15 is 0 Å². The number of guanidine groups is 1. The molecule has 4 nitrogen and oxygen atoms in total. The van der Waals surface area contributed by atoms with Crippen LogP contribution < -0.4 is 10.6 Å². The zero-order chi connectivity index (χ0) is 18.9. The first-order chi connectivity index (χ1) is 12.5. The molecule has 3 N–H and O–H groups in total. The van der Waals surface area contributed by atoms with Gasteiger partial charge in [0.05, 0.1) is 6.54 Å². The van der Waals surface area contributed by atoms with Crippen LogP contribution in [0.2, 0.25) is 0 Å². The van der Waals surface area contributed by atoms with Crippen LogP contribution in [0.25, 0.3) is 0 Å². The zero-order valence-corrected chi connectivity index (χ0v) is 15.1. The van der Waals surface area contributed by atoms with Crippen LogP contribution in [0, 0.1) is 18.6 Å². The molecule has 0 fully saturated rings. The molecule has 0 aromatic heterocycles. The molecule has 2 aromatic carbocycles. The van der Waals surface area contributed by atoms with Crippen LogP contribution in [-0.4, -0.2) is 30.7 Å². The number of aliphatic hydroxyl groups is 1. The second-order valence-corrected chi connectivity index (χ2v) is 6.00. The maximum absolute atomic E-state index is 13.7. The van der Waals surface area contributed by atoms with Crippen LogP contribution in [-0.2, 0) is 6.42 Å². The lowest BCUT2D eigenvalue weighted by Gasteiger charge is -2.14. The number of nitrogens with one attached hydrogen (secondary N) is 2. The summed E-state index contributed by atoms with van der Waals surface area (Å²) in [5.74, 6) is -0.140. The van der Waals surface area contributed by atoms with Crippen LogP contribution in [0.1, 0.15) is 29.7 Å². The molecule has 0 aliphatic rings. The number of benzene rings is 2. The van der Waals surface area contributed by atoms with Gasteiger partial charge >= 0.3 is 0 Å². The molecule has 26 heavy (non-hydrogen) atoms. The first-order valence-corrected chi connectivity index (χ1v) is 8.71. The third kappa shape index (κ3) is 5.81. The van der Waals surface area contributed by atoms with Crippen LogP contribution in [0.4, 0.5) is 8.78 Å². The minimum absolute atomic E-state index is 0.0475. The van der Waals surface area contributed by atoms with Crippen LogP contribution in [0.3, 0.4) is 0 Å². The molecule has 2 aromatic rings. The van der Waals surface area contributed by atoms with E-state index in [1.807, 2.05) is 13.8 Å². The predicted octanol–water partition coefficient (Wildman–Crippen LogP) is 3.10. The van der Waals surface area contributed by atoms with Crippen LogP contribution >= 0.6 is 0 Å². The van der Waals surface area contributed by atoms with Gasteiger partial charge in [0.1, 0.15) is 17.7 Å². The molecule has 1 atom stereocenters. The van der Waals surface area contributed by atoms with Gasteiger partial charge < -0.3 is 15.7 Å². The summed E-state index contributed by atoms with van der Waals surface area (Å²) < 4.78 is 26.9. The van der Waals surface area contributed by atoms with E-state index in [1.165, 1.54) is 18.2 Å². The van der Waals surface area contributed by atoms with Crippen molar-refractivity contribution >= 4 is 5.96 Å². The van der Waals surface area contributed by atoms with E-state index in [0.717, 1.165) is 11.1 Å². The topological polar surface area (TPSA) is 56.7 Å². The molecule has 0 radical (unpaired) electrons. The Labute approximate surface area is 153 Å². The van der Waals surface area contributed by atoms with E-state index in [4.69, 9.17) is 0 Å². The fraction of sp³-hybridized carbons (Fsp3) is 0.350. The summed E-state index contributed by atoms with van der Waals surface area (Å²) in [6, 6.07) is 10.9. The Morgan fingerprint density at radius 2 is 1.92 bits per heavy atom. The highest BCUT2D eigenvalue weighted by Crippen LogP contribution is 2.16. The Morgan fingerprint density at radius 1 is 1.15 bits per heavy atom. The largest absolute Gasteiger partial charge is 0.386 e. The van der Waals surface area contributed by atoms with Gasteiger partial charge in [-0.3, -0.25) is 4.99 Å². The van der Waals surface area contributed by atoms with E-state index in [9.17, 15) is 13.9 Å². The van der Waals surface area contributed by atoms with Gasteiger partial charge in [-0.25, -0.2) is 8.78 Å². The summed E-state index contributed by atoms with van der Waals surface area (Å²) >= 11 is 0. The number of hydrogen-bond donors (Lipinski definition) is 3. The summed E-state index contributed by atoms with van der Waals surface area (Å²) in [4.78, 5) is 4.32. The molecule has 0 saturated carbocycles. The average Bonchev–Trinajstić information content (AvgIpc) is 2.61. The highest BCUT2D eigenvalue weighted by molar-refractivity contribution is 5.79. The molecule has 0 aliphatic carbocycles. The third-order valence-electron chi connectivity index (χ3n) is 4.02. The average molecular weight is 361 g/mol. The standard InChI is InChI=1S/C20H25F2N3O/c1-3-23-20(24-11-10-15-8-9-16(21)12-14(15)2)25-13-19(26)17-6-4-5-7-18(17)22/h4-9,12,19,26H,3,10-11,13H2,1-2H3,(H2,23,24,25). The molecule has 2 rings (SSSR count). The summed E-state index contributed by atoms with van der Waals surface area (Å²) in [7, 11) is 0. The number of aliphatic imine (C=N–C) groups is 1. The molecule has 0 aliphatic heterocycles. The van der Waals surface area contributed by atoms with Crippen molar-refractivity contribution in [3.8, 4) is 0 Å². The number of aryl methyl sites for hydroxylation is 1. The summed E-state index contributed by atoms with van der Waals surface area (Å²) in [5.41, 5.74) is 2.19. The quantitative estimate of drug-likeness (QED) is 0.525. The molecular formula is C20H25F2N3O. The van der Waals surface area contributed by atoms with Crippen molar-refractivity contribution in [2.75, 3.05) is 19.6 Å². The predicted molar refractivity (Wildman–Crippen MR) is 100 cm³/mol. The van der Waals surface area contributed by atoms with Gasteiger partial charge in [-0.05, 0) is 49.6 Å². The maximum atomic E-state index is 13.7. The second kappa shape index (κ2) is 9.87. The number of nitrogens with zero attached hydrogens (tertiary/aromatic N) is 1. The summed E-state index contributed by atoms with van der Waals surface area (Å²) in [5, 5.41) is 16.4. The molecule has 6 heteroatoms. The fourth-order valence-electron chi connectivity index (χ4n) is 2.62. The Balaban J connectivity index is 1.93. The van der Waals surface area contributed by atoms with Crippen molar-refractivity contribution in [3.05, 3.63) is 70.8 Å². The Hall–Kier alpha value is -2.47. The molecule has 140 valence electrons. The zero-order valence-electron chi connectivity index (χ0n) is 15.1. The van der Waals surface area contributed by atoms with Gasteiger partial charge in [-0.1, -0.05) is 24.3 Å². The molecule has 0 spiro atoms. The number of aliphatic hydroxyl groups excluding tert-OH is 1. The van der Waals surface area contributed by atoms with Crippen LogP contribution in [0.15, 0.2) is 47.5 Å². The number of hydrogen-bond acceptors (Lipinski definition) is 2. The summed E-state index contributed by atoms with van der Waals surface area (Å²) in [6.45, 7) is 5.13. The van der Waals surface area contributed by atoms with Crippen molar-refractivity contribution in [1.29, 1.82) is 0 Å². The van der Waals surface area contributed by atoms with Crippen molar-refractivity contribution in [2.24, 2.45) is 4.99 Å². The van der Waals surface area contributed by atoms with E-state index in [2.05, 4.69) is 15.6 Å². The minimum Gasteiger partial charge on any atom is -0.386 e. The highest BCUT2D eigenvalue weighted by atomic mass is 19.1. The first kappa shape index (κ1) is 19.8. The number of rotatable bonds is 7.